The lowest BCUT2D eigenvalue weighted by atomic mass is 10.0. The highest BCUT2D eigenvalue weighted by Crippen LogP contribution is 2.25. The molecule has 9 heteroatoms. The van der Waals surface area contributed by atoms with Gasteiger partial charge >= 0.3 is 5.97 Å². The third-order valence-electron chi connectivity index (χ3n) is 5.16. The summed E-state index contributed by atoms with van der Waals surface area (Å²) in [5.41, 5.74) is 4.12. The van der Waals surface area contributed by atoms with Crippen LogP contribution in [0, 0.1) is 11.3 Å². The summed E-state index contributed by atoms with van der Waals surface area (Å²) in [4.78, 5) is 32.0. The summed E-state index contributed by atoms with van der Waals surface area (Å²) >= 11 is 0. The predicted molar refractivity (Wildman–Crippen MR) is 126 cm³/mol. The van der Waals surface area contributed by atoms with Crippen molar-refractivity contribution in [3.05, 3.63) is 77.6 Å². The van der Waals surface area contributed by atoms with Crippen LogP contribution in [-0.4, -0.2) is 27.0 Å². The highest BCUT2D eigenvalue weighted by atomic mass is 16.4. The number of nitrogens with one attached hydrogen (secondary N) is 2. The van der Waals surface area contributed by atoms with Crippen LogP contribution in [0.2, 0.25) is 0 Å². The summed E-state index contributed by atoms with van der Waals surface area (Å²) < 4.78 is 5.76. The topological polar surface area (TPSA) is 141 Å². The zero-order chi connectivity index (χ0) is 24.1. The lowest BCUT2D eigenvalue weighted by Crippen LogP contribution is -2.14. The fourth-order valence-corrected chi connectivity index (χ4v) is 3.47. The van der Waals surface area contributed by atoms with Crippen molar-refractivity contribution in [1.29, 1.82) is 5.26 Å². The van der Waals surface area contributed by atoms with Gasteiger partial charge in [-0.1, -0.05) is 25.1 Å². The minimum absolute atomic E-state index is 0.00904. The molecule has 4 rings (SSSR count). The van der Waals surface area contributed by atoms with Crippen LogP contribution in [0.1, 0.15) is 36.1 Å². The second-order valence-electron chi connectivity index (χ2n) is 7.80. The van der Waals surface area contributed by atoms with E-state index in [1.54, 1.807) is 55.5 Å². The van der Waals surface area contributed by atoms with Gasteiger partial charge in [0.1, 0.15) is 11.6 Å². The highest BCUT2D eigenvalue weighted by molar-refractivity contribution is 5.92. The molecule has 4 aromatic rings. The van der Waals surface area contributed by atoms with Crippen molar-refractivity contribution in [1.82, 2.24) is 9.97 Å². The first-order valence-corrected chi connectivity index (χ1v) is 10.5. The molecule has 0 saturated heterocycles. The molecule has 2 heterocycles. The molecular weight excluding hydrogens is 434 g/mol. The SMILES string of the molecule is CC(CC(=O)O)c1ccc(NC(=O)Cc2ccc3nc(Nc4ccccc4C#N)oc3c2)cn1. The molecular formula is C25H21N5O4. The minimum Gasteiger partial charge on any atom is -0.481 e. The van der Waals surface area contributed by atoms with E-state index in [2.05, 4.69) is 26.7 Å². The summed E-state index contributed by atoms with van der Waals surface area (Å²) in [6.07, 6.45) is 1.63. The maximum atomic E-state index is 12.5. The summed E-state index contributed by atoms with van der Waals surface area (Å²) in [5, 5.41) is 23.9. The third kappa shape index (κ3) is 5.37. The van der Waals surface area contributed by atoms with Gasteiger partial charge in [-0.2, -0.15) is 10.2 Å². The van der Waals surface area contributed by atoms with Crippen LogP contribution in [0.25, 0.3) is 11.1 Å². The zero-order valence-electron chi connectivity index (χ0n) is 18.3. The van der Waals surface area contributed by atoms with E-state index < -0.39 is 5.97 Å². The van der Waals surface area contributed by atoms with Gasteiger partial charge in [0.05, 0.1) is 36.0 Å². The minimum atomic E-state index is -0.884. The number of carbonyl (C=O) groups is 2. The van der Waals surface area contributed by atoms with Crippen molar-refractivity contribution in [2.24, 2.45) is 0 Å². The largest absolute Gasteiger partial charge is 0.481 e. The number of aromatic nitrogens is 2. The number of oxazole rings is 1. The third-order valence-corrected chi connectivity index (χ3v) is 5.16. The van der Waals surface area contributed by atoms with Crippen molar-refractivity contribution in [2.45, 2.75) is 25.7 Å². The van der Waals surface area contributed by atoms with Gasteiger partial charge in [-0.3, -0.25) is 14.6 Å². The number of rotatable bonds is 8. The second kappa shape index (κ2) is 9.83. The van der Waals surface area contributed by atoms with E-state index in [0.717, 1.165) is 5.56 Å². The second-order valence-corrected chi connectivity index (χ2v) is 7.80. The van der Waals surface area contributed by atoms with Crippen LogP contribution in [-0.2, 0) is 16.0 Å². The molecule has 0 aliphatic carbocycles. The van der Waals surface area contributed by atoms with Gasteiger partial charge < -0.3 is 20.2 Å². The first-order chi connectivity index (χ1) is 16.4. The average molecular weight is 455 g/mol. The fraction of sp³-hybridized carbons (Fsp3) is 0.160. The number of benzene rings is 2. The molecule has 1 atom stereocenters. The number of nitriles is 1. The van der Waals surface area contributed by atoms with E-state index in [0.29, 0.717) is 33.7 Å². The Bertz CT molecular complexity index is 1390. The molecule has 0 aliphatic rings. The maximum absolute atomic E-state index is 12.5. The number of para-hydroxylation sites is 1. The van der Waals surface area contributed by atoms with Gasteiger partial charge in [-0.25, -0.2) is 0 Å². The Kier molecular flexibility index (Phi) is 6.50. The number of amides is 1. The smallest absolute Gasteiger partial charge is 0.304 e. The Balaban J connectivity index is 1.40. The lowest BCUT2D eigenvalue weighted by molar-refractivity contribution is -0.137. The van der Waals surface area contributed by atoms with Crippen LogP contribution in [0.15, 0.2) is 65.2 Å². The predicted octanol–water partition coefficient (Wildman–Crippen LogP) is 4.60. The summed E-state index contributed by atoms with van der Waals surface area (Å²) in [5.74, 6) is -1.33. The number of anilines is 3. The van der Waals surface area contributed by atoms with Crippen molar-refractivity contribution in [3.63, 3.8) is 0 Å². The molecule has 0 saturated carbocycles. The molecule has 2 aromatic carbocycles. The molecule has 2 aromatic heterocycles. The fourth-order valence-electron chi connectivity index (χ4n) is 3.47. The van der Waals surface area contributed by atoms with E-state index in [1.165, 1.54) is 6.20 Å². The molecule has 0 spiro atoms. The van der Waals surface area contributed by atoms with Gasteiger partial charge in [0.15, 0.2) is 5.58 Å². The van der Waals surface area contributed by atoms with E-state index in [4.69, 9.17) is 9.52 Å². The van der Waals surface area contributed by atoms with E-state index in [9.17, 15) is 14.9 Å². The standard InChI is InChI=1S/C25H21N5O4/c1-15(10-24(32)33)19-9-7-18(14-27-19)28-23(31)12-16-6-8-21-22(11-16)34-25(30-21)29-20-5-3-2-4-17(20)13-26/h2-9,11,14-15H,10,12H2,1H3,(H,28,31)(H,29,30)(H,32,33). The Morgan fingerprint density at radius 2 is 2.00 bits per heavy atom. The van der Waals surface area contributed by atoms with Crippen LogP contribution >= 0.6 is 0 Å². The molecule has 0 bridgehead atoms. The number of carbonyl (C=O) groups excluding carboxylic acids is 1. The van der Waals surface area contributed by atoms with Crippen LogP contribution in [0.4, 0.5) is 17.4 Å². The highest BCUT2D eigenvalue weighted by Gasteiger charge is 2.13. The van der Waals surface area contributed by atoms with Crippen molar-refractivity contribution in [3.8, 4) is 6.07 Å². The molecule has 0 aliphatic heterocycles. The normalized spacial score (nSPS) is 11.5. The van der Waals surface area contributed by atoms with Gasteiger partial charge in [-0.15, -0.1) is 0 Å². The Morgan fingerprint density at radius 3 is 2.74 bits per heavy atom. The summed E-state index contributed by atoms with van der Waals surface area (Å²) in [6.45, 7) is 1.79. The number of nitrogens with zero attached hydrogens (tertiary/aromatic N) is 3. The molecule has 34 heavy (non-hydrogen) atoms. The number of aliphatic carboxylic acids is 1. The number of carboxylic acid groups (broad SMARTS) is 1. The van der Waals surface area contributed by atoms with Crippen molar-refractivity contribution < 1.29 is 19.1 Å². The number of pyridine rings is 1. The zero-order valence-corrected chi connectivity index (χ0v) is 18.3. The number of fused-ring (bicyclic) bond motifs is 1. The molecule has 1 unspecified atom stereocenters. The first-order valence-electron chi connectivity index (χ1n) is 10.5. The molecule has 170 valence electrons. The molecule has 3 N–H and O–H groups in total. The average Bonchev–Trinajstić information content (AvgIpc) is 3.21. The van der Waals surface area contributed by atoms with Gasteiger partial charge in [0.2, 0.25) is 5.91 Å². The van der Waals surface area contributed by atoms with Crippen LogP contribution < -0.4 is 10.6 Å². The van der Waals surface area contributed by atoms with Crippen LogP contribution in [0.5, 0.6) is 0 Å². The lowest BCUT2D eigenvalue weighted by Gasteiger charge is -2.10. The molecule has 0 radical (unpaired) electrons. The Morgan fingerprint density at radius 1 is 1.18 bits per heavy atom. The van der Waals surface area contributed by atoms with Gasteiger partial charge in [0, 0.05) is 11.6 Å². The quantitative estimate of drug-likeness (QED) is 0.350. The van der Waals surface area contributed by atoms with E-state index in [-0.39, 0.29) is 30.7 Å². The number of carboxylic acids is 1. The summed E-state index contributed by atoms with van der Waals surface area (Å²) in [7, 11) is 0. The van der Waals surface area contributed by atoms with Crippen molar-refractivity contribution >= 4 is 40.4 Å². The Labute approximate surface area is 195 Å². The monoisotopic (exact) mass is 455 g/mol. The number of hydrogen-bond acceptors (Lipinski definition) is 7. The van der Waals surface area contributed by atoms with Gasteiger partial charge in [0.25, 0.3) is 6.01 Å². The van der Waals surface area contributed by atoms with Crippen molar-refractivity contribution in [2.75, 3.05) is 10.6 Å². The van der Waals surface area contributed by atoms with E-state index >= 15 is 0 Å². The van der Waals surface area contributed by atoms with Crippen LogP contribution in [0.3, 0.4) is 0 Å². The maximum Gasteiger partial charge on any atom is 0.304 e. The molecule has 1 amide bonds. The number of hydrogen-bond donors (Lipinski definition) is 3. The molecule has 0 fully saturated rings. The Hall–Kier alpha value is -4.71. The first kappa shape index (κ1) is 22.5. The van der Waals surface area contributed by atoms with E-state index in [1.807, 2.05) is 6.07 Å². The van der Waals surface area contributed by atoms with Gasteiger partial charge in [-0.05, 0) is 42.0 Å². The molecule has 9 nitrogen and oxygen atoms in total. The summed E-state index contributed by atoms with van der Waals surface area (Å²) in [6, 6.07) is 18.1.